The quantitative estimate of drug-likeness (QED) is 0.816. The van der Waals surface area contributed by atoms with Gasteiger partial charge in [-0.25, -0.2) is 4.68 Å². The van der Waals surface area contributed by atoms with Crippen molar-refractivity contribution in [2.75, 3.05) is 26.2 Å². The number of furan rings is 1. The lowest BCUT2D eigenvalue weighted by Gasteiger charge is -2.34. The summed E-state index contributed by atoms with van der Waals surface area (Å²) in [5.74, 6) is 1.61. The molecule has 3 heterocycles. The molecule has 0 aliphatic carbocycles. The summed E-state index contributed by atoms with van der Waals surface area (Å²) in [4.78, 5) is 16.6. The maximum atomic E-state index is 12.5. The lowest BCUT2D eigenvalue weighted by atomic mass is 10.2. The summed E-state index contributed by atoms with van der Waals surface area (Å²) in [6.07, 6.45) is 2.57. The van der Waals surface area contributed by atoms with Crippen molar-refractivity contribution in [3.63, 3.8) is 0 Å². The summed E-state index contributed by atoms with van der Waals surface area (Å²) in [7, 11) is 0. The largest absolute Gasteiger partial charge is 0.469 e. The van der Waals surface area contributed by atoms with Crippen LogP contribution in [-0.4, -0.2) is 62.1 Å². The van der Waals surface area contributed by atoms with Crippen molar-refractivity contribution in [2.24, 2.45) is 0 Å². The fraction of sp³-hybridized carbons (Fsp3) is 0.600. The fourth-order valence-electron chi connectivity index (χ4n) is 2.81. The Morgan fingerprint density at radius 1 is 1.30 bits per heavy atom. The molecule has 0 atom stereocenters. The number of tetrazole rings is 1. The number of carbonyl (C=O) groups is 1. The Morgan fingerprint density at radius 2 is 2.09 bits per heavy atom. The molecule has 1 fully saturated rings. The average Bonchev–Trinajstić information content (AvgIpc) is 3.17. The van der Waals surface area contributed by atoms with Crippen molar-refractivity contribution < 1.29 is 9.21 Å². The van der Waals surface area contributed by atoms with Crippen LogP contribution < -0.4 is 0 Å². The highest BCUT2D eigenvalue weighted by Crippen LogP contribution is 2.14. The fourth-order valence-corrected chi connectivity index (χ4v) is 2.81. The summed E-state index contributed by atoms with van der Waals surface area (Å²) >= 11 is 0. The molecule has 0 saturated carbocycles. The van der Waals surface area contributed by atoms with Crippen molar-refractivity contribution in [3.05, 3.63) is 29.5 Å². The van der Waals surface area contributed by atoms with Gasteiger partial charge in [0.1, 0.15) is 5.76 Å². The van der Waals surface area contributed by atoms with Crippen LogP contribution in [-0.2, 0) is 13.1 Å². The molecule has 0 aromatic carbocycles. The minimum Gasteiger partial charge on any atom is -0.469 e. The van der Waals surface area contributed by atoms with E-state index in [0.29, 0.717) is 24.4 Å². The number of hydrogen-bond acceptors (Lipinski definition) is 6. The highest BCUT2D eigenvalue weighted by molar-refractivity contribution is 5.95. The molecule has 8 nitrogen and oxygen atoms in total. The summed E-state index contributed by atoms with van der Waals surface area (Å²) in [6.45, 7) is 8.53. The van der Waals surface area contributed by atoms with Gasteiger partial charge in [-0.1, -0.05) is 6.92 Å². The van der Waals surface area contributed by atoms with Gasteiger partial charge in [-0.2, -0.15) is 0 Å². The highest BCUT2D eigenvalue weighted by atomic mass is 16.3. The van der Waals surface area contributed by atoms with E-state index in [4.69, 9.17) is 4.42 Å². The second kappa shape index (κ2) is 6.91. The van der Waals surface area contributed by atoms with Crippen molar-refractivity contribution in [1.29, 1.82) is 0 Å². The Balaban J connectivity index is 1.55. The lowest BCUT2D eigenvalue weighted by Crippen LogP contribution is -2.48. The maximum absolute atomic E-state index is 12.5. The normalized spacial score (nSPS) is 16.0. The van der Waals surface area contributed by atoms with Crippen molar-refractivity contribution in [1.82, 2.24) is 30.0 Å². The van der Waals surface area contributed by atoms with Gasteiger partial charge in [-0.05, 0) is 29.8 Å². The van der Waals surface area contributed by atoms with Crippen molar-refractivity contribution in [2.45, 2.75) is 33.4 Å². The Bertz CT molecular complexity index is 656. The molecule has 1 amide bonds. The highest BCUT2D eigenvalue weighted by Gasteiger charge is 2.25. The van der Waals surface area contributed by atoms with Gasteiger partial charge in [0.25, 0.3) is 5.91 Å². The van der Waals surface area contributed by atoms with Gasteiger partial charge < -0.3 is 9.32 Å². The topological polar surface area (TPSA) is 80.3 Å². The molecular weight excluding hydrogens is 296 g/mol. The molecule has 8 heteroatoms. The van der Waals surface area contributed by atoms with E-state index in [-0.39, 0.29) is 5.91 Å². The summed E-state index contributed by atoms with van der Waals surface area (Å²) in [5.41, 5.74) is 0.658. The first-order valence-corrected chi connectivity index (χ1v) is 7.99. The third-order valence-corrected chi connectivity index (χ3v) is 4.16. The van der Waals surface area contributed by atoms with Crippen LogP contribution >= 0.6 is 0 Å². The minimum atomic E-state index is 0.0479. The third-order valence-electron chi connectivity index (χ3n) is 4.16. The molecule has 1 aliphatic heterocycles. The van der Waals surface area contributed by atoms with E-state index in [1.165, 1.54) is 0 Å². The summed E-state index contributed by atoms with van der Waals surface area (Å²) in [6, 6.07) is 1.74. The molecule has 0 bridgehead atoms. The number of aromatic nitrogens is 4. The third kappa shape index (κ3) is 3.42. The molecule has 0 N–H and O–H groups in total. The van der Waals surface area contributed by atoms with E-state index >= 15 is 0 Å². The average molecular weight is 318 g/mol. The summed E-state index contributed by atoms with van der Waals surface area (Å²) < 4.78 is 7.07. The van der Waals surface area contributed by atoms with Crippen LogP contribution in [0.4, 0.5) is 0 Å². The molecule has 1 aliphatic rings. The Morgan fingerprint density at radius 3 is 2.74 bits per heavy atom. The first-order valence-electron chi connectivity index (χ1n) is 7.99. The van der Waals surface area contributed by atoms with Crippen LogP contribution in [0.15, 0.2) is 16.7 Å². The molecule has 2 aromatic rings. The van der Waals surface area contributed by atoms with E-state index in [2.05, 4.69) is 27.3 Å². The minimum absolute atomic E-state index is 0.0479. The van der Waals surface area contributed by atoms with Gasteiger partial charge in [0, 0.05) is 32.7 Å². The van der Waals surface area contributed by atoms with E-state index in [9.17, 15) is 4.79 Å². The number of aryl methyl sites for hydroxylation is 2. The predicted molar refractivity (Wildman–Crippen MR) is 82.7 cm³/mol. The van der Waals surface area contributed by atoms with E-state index < -0.39 is 0 Å². The number of nitrogens with zero attached hydrogens (tertiary/aromatic N) is 6. The van der Waals surface area contributed by atoms with E-state index in [1.54, 1.807) is 12.3 Å². The molecule has 0 spiro atoms. The van der Waals surface area contributed by atoms with Crippen LogP contribution in [0.2, 0.25) is 0 Å². The lowest BCUT2D eigenvalue weighted by molar-refractivity contribution is 0.0621. The van der Waals surface area contributed by atoms with Gasteiger partial charge >= 0.3 is 0 Å². The number of rotatable bonds is 5. The molecule has 0 radical (unpaired) electrons. The Labute approximate surface area is 135 Å². The zero-order valence-corrected chi connectivity index (χ0v) is 13.6. The first-order chi connectivity index (χ1) is 11.2. The number of carbonyl (C=O) groups excluding carboxylic acids is 1. The number of hydrogen-bond donors (Lipinski definition) is 0. The van der Waals surface area contributed by atoms with Crippen LogP contribution in [0.3, 0.4) is 0 Å². The second-order valence-corrected chi connectivity index (χ2v) is 5.78. The van der Waals surface area contributed by atoms with Gasteiger partial charge in [0.15, 0.2) is 5.82 Å². The molecule has 0 unspecified atom stereocenters. The monoisotopic (exact) mass is 318 g/mol. The molecular formula is C15H22N6O2. The number of amides is 1. The molecule has 2 aromatic heterocycles. The van der Waals surface area contributed by atoms with Gasteiger partial charge in [-0.3, -0.25) is 9.69 Å². The smallest absolute Gasteiger partial charge is 0.257 e. The zero-order valence-electron chi connectivity index (χ0n) is 13.6. The van der Waals surface area contributed by atoms with Crippen LogP contribution in [0.5, 0.6) is 0 Å². The van der Waals surface area contributed by atoms with Gasteiger partial charge in [-0.15, -0.1) is 5.10 Å². The number of piperazine rings is 1. The van der Waals surface area contributed by atoms with Crippen molar-refractivity contribution in [3.8, 4) is 0 Å². The second-order valence-electron chi connectivity index (χ2n) is 5.78. The standard InChI is InChI=1S/C15H22N6O2/c1-3-5-21-14(16-17-18-21)11-19-6-8-20(9-7-19)15(22)13-4-10-23-12(13)2/h4,10H,3,5-9,11H2,1-2H3. The van der Waals surface area contributed by atoms with Crippen molar-refractivity contribution >= 4 is 5.91 Å². The Kier molecular flexibility index (Phi) is 4.71. The molecule has 124 valence electrons. The van der Waals surface area contributed by atoms with E-state index in [1.807, 2.05) is 16.5 Å². The van der Waals surface area contributed by atoms with Gasteiger partial charge in [0.05, 0.1) is 18.4 Å². The van der Waals surface area contributed by atoms with Crippen LogP contribution in [0.1, 0.15) is 35.3 Å². The molecule has 23 heavy (non-hydrogen) atoms. The first kappa shape index (κ1) is 15.7. The molecule has 1 saturated heterocycles. The Hall–Kier alpha value is -2.22. The predicted octanol–water partition coefficient (Wildman–Crippen LogP) is 0.943. The maximum Gasteiger partial charge on any atom is 0.257 e. The van der Waals surface area contributed by atoms with E-state index in [0.717, 1.165) is 38.4 Å². The summed E-state index contributed by atoms with van der Waals surface area (Å²) in [5, 5.41) is 11.9. The van der Waals surface area contributed by atoms with Crippen LogP contribution in [0, 0.1) is 6.92 Å². The van der Waals surface area contributed by atoms with Gasteiger partial charge in [0.2, 0.25) is 0 Å². The SMILES string of the molecule is CCCn1nnnc1CN1CCN(C(=O)c2ccoc2C)CC1. The van der Waals surface area contributed by atoms with Crippen LogP contribution in [0.25, 0.3) is 0 Å². The molecule has 3 rings (SSSR count). The zero-order chi connectivity index (χ0) is 16.2.